The third kappa shape index (κ3) is 3.72. The summed E-state index contributed by atoms with van der Waals surface area (Å²) < 4.78 is 0. The van der Waals surface area contributed by atoms with Crippen molar-refractivity contribution in [1.29, 1.82) is 0 Å². The molecule has 2 rings (SSSR count). The summed E-state index contributed by atoms with van der Waals surface area (Å²) in [5.74, 6) is -1.10. The van der Waals surface area contributed by atoms with Crippen molar-refractivity contribution in [2.24, 2.45) is 0 Å². The number of hydrogen-bond acceptors (Lipinski definition) is 3. The number of amides is 2. The summed E-state index contributed by atoms with van der Waals surface area (Å²) in [5.41, 5.74) is 1.81. The number of nitrogens with zero attached hydrogens (tertiary/aromatic N) is 1. The highest BCUT2D eigenvalue weighted by molar-refractivity contribution is 5.92. The van der Waals surface area contributed by atoms with Crippen molar-refractivity contribution in [3.05, 3.63) is 29.8 Å². The molecule has 114 valence electrons. The van der Waals surface area contributed by atoms with Crippen LogP contribution in [0.3, 0.4) is 0 Å². The Balaban J connectivity index is 2.01. The molecule has 1 aliphatic rings. The average molecular weight is 292 g/mol. The Morgan fingerprint density at radius 1 is 1.33 bits per heavy atom. The molecule has 2 amide bonds. The molecule has 0 saturated carbocycles. The number of carbonyl (C=O) groups excluding carboxylic acids is 1. The number of nitrogens with one attached hydrogen (secondary N) is 1. The molecule has 1 fully saturated rings. The van der Waals surface area contributed by atoms with Crippen LogP contribution in [0.5, 0.6) is 0 Å². The van der Waals surface area contributed by atoms with Gasteiger partial charge in [0, 0.05) is 18.7 Å². The van der Waals surface area contributed by atoms with E-state index in [1.165, 1.54) is 5.56 Å². The number of aliphatic carboxylic acids is 1. The van der Waals surface area contributed by atoms with E-state index in [0.29, 0.717) is 5.69 Å². The zero-order valence-electron chi connectivity index (χ0n) is 12.0. The summed E-state index contributed by atoms with van der Waals surface area (Å²) >= 11 is 0. The number of carboxylic acid groups (broad SMARTS) is 1. The van der Waals surface area contributed by atoms with Crippen LogP contribution in [0.2, 0.25) is 0 Å². The van der Waals surface area contributed by atoms with Gasteiger partial charge >= 0.3 is 12.0 Å². The topological polar surface area (TPSA) is 89.9 Å². The number of rotatable bonds is 4. The average Bonchev–Trinajstić information content (AvgIpc) is 2.84. The van der Waals surface area contributed by atoms with Gasteiger partial charge in [-0.3, -0.25) is 0 Å². The molecule has 3 N–H and O–H groups in total. The molecule has 1 aliphatic heterocycles. The Labute approximate surface area is 123 Å². The number of likely N-dealkylation sites (tertiary alicyclic amines) is 1. The van der Waals surface area contributed by atoms with Gasteiger partial charge < -0.3 is 20.4 Å². The van der Waals surface area contributed by atoms with Crippen LogP contribution >= 0.6 is 0 Å². The first-order valence-electron chi connectivity index (χ1n) is 7.08. The van der Waals surface area contributed by atoms with Gasteiger partial charge in [0.15, 0.2) is 0 Å². The van der Waals surface area contributed by atoms with E-state index in [-0.39, 0.29) is 13.0 Å². The minimum absolute atomic E-state index is 0.0384. The normalized spacial score (nSPS) is 21.3. The van der Waals surface area contributed by atoms with E-state index in [4.69, 9.17) is 5.11 Å². The smallest absolute Gasteiger partial charge is 0.326 e. The Morgan fingerprint density at radius 2 is 2.00 bits per heavy atom. The van der Waals surface area contributed by atoms with E-state index in [1.807, 2.05) is 12.1 Å². The Bertz CT molecular complexity index is 515. The first-order chi connectivity index (χ1) is 10.0. The van der Waals surface area contributed by atoms with Crippen LogP contribution in [0.15, 0.2) is 24.3 Å². The first kappa shape index (κ1) is 15.3. The van der Waals surface area contributed by atoms with Gasteiger partial charge in [-0.05, 0) is 24.1 Å². The molecular weight excluding hydrogens is 272 g/mol. The molecule has 0 spiro atoms. The highest BCUT2D eigenvalue weighted by Gasteiger charge is 2.38. The number of aliphatic hydroxyl groups excluding tert-OH is 1. The van der Waals surface area contributed by atoms with Gasteiger partial charge in [0.1, 0.15) is 6.04 Å². The summed E-state index contributed by atoms with van der Waals surface area (Å²) in [6.07, 6.45) is 1.31. The van der Waals surface area contributed by atoms with Crippen molar-refractivity contribution in [2.75, 3.05) is 11.9 Å². The monoisotopic (exact) mass is 292 g/mol. The number of carboxylic acids is 1. The van der Waals surface area contributed by atoms with E-state index in [9.17, 15) is 14.7 Å². The molecule has 2 atom stereocenters. The molecule has 0 unspecified atom stereocenters. The molecule has 0 radical (unpaired) electrons. The van der Waals surface area contributed by atoms with Crippen molar-refractivity contribution in [2.45, 2.75) is 38.3 Å². The number of benzene rings is 1. The fourth-order valence-corrected chi connectivity index (χ4v) is 2.51. The maximum Gasteiger partial charge on any atom is 0.326 e. The summed E-state index contributed by atoms with van der Waals surface area (Å²) in [6, 6.07) is 6.00. The zero-order chi connectivity index (χ0) is 15.4. The van der Waals surface area contributed by atoms with Gasteiger partial charge in [0.05, 0.1) is 6.10 Å². The fraction of sp³-hybridized carbons (Fsp3) is 0.467. The largest absolute Gasteiger partial charge is 0.480 e. The van der Waals surface area contributed by atoms with Crippen molar-refractivity contribution < 1.29 is 19.8 Å². The molecule has 1 aromatic rings. The van der Waals surface area contributed by atoms with E-state index in [0.717, 1.165) is 17.7 Å². The number of β-amino-alcohol motifs (C(OH)–C–C–N with tert-alkyl or cyclic N) is 1. The number of carbonyl (C=O) groups is 2. The lowest BCUT2D eigenvalue weighted by molar-refractivity contribution is -0.141. The van der Waals surface area contributed by atoms with Crippen LogP contribution < -0.4 is 5.32 Å². The number of aryl methyl sites for hydroxylation is 1. The minimum Gasteiger partial charge on any atom is -0.480 e. The maximum atomic E-state index is 12.1. The van der Waals surface area contributed by atoms with Crippen LogP contribution in [0.4, 0.5) is 10.5 Å². The third-order valence-electron chi connectivity index (χ3n) is 3.57. The van der Waals surface area contributed by atoms with E-state index >= 15 is 0 Å². The lowest BCUT2D eigenvalue weighted by atomic mass is 10.1. The Hall–Kier alpha value is -2.08. The molecule has 21 heavy (non-hydrogen) atoms. The number of urea groups is 1. The summed E-state index contributed by atoms with van der Waals surface area (Å²) in [5, 5.41) is 21.3. The van der Waals surface area contributed by atoms with Crippen molar-refractivity contribution in [3.8, 4) is 0 Å². The zero-order valence-corrected chi connectivity index (χ0v) is 12.0. The highest BCUT2D eigenvalue weighted by atomic mass is 16.4. The van der Waals surface area contributed by atoms with Crippen LogP contribution in [0, 0.1) is 0 Å². The van der Waals surface area contributed by atoms with Gasteiger partial charge in [0.2, 0.25) is 0 Å². The molecule has 0 bridgehead atoms. The standard InChI is InChI=1S/C15H20N2O4/c1-2-3-10-4-6-11(7-5-10)16-15(21)17-9-12(18)8-13(17)14(19)20/h4-7,12-13,18H,2-3,8-9H2,1H3,(H,16,21)(H,19,20)/t12-,13+/m1/s1. The van der Waals surface area contributed by atoms with E-state index < -0.39 is 24.1 Å². The molecule has 0 aliphatic carbocycles. The van der Waals surface area contributed by atoms with Crippen LogP contribution in [-0.2, 0) is 11.2 Å². The Morgan fingerprint density at radius 3 is 2.57 bits per heavy atom. The van der Waals surface area contributed by atoms with Gasteiger partial charge in [-0.2, -0.15) is 0 Å². The van der Waals surface area contributed by atoms with E-state index in [1.54, 1.807) is 12.1 Å². The maximum absolute atomic E-state index is 12.1. The first-order valence-corrected chi connectivity index (χ1v) is 7.08. The quantitative estimate of drug-likeness (QED) is 0.787. The van der Waals surface area contributed by atoms with Crippen molar-refractivity contribution in [3.63, 3.8) is 0 Å². The minimum atomic E-state index is -1.10. The summed E-state index contributed by atoms with van der Waals surface area (Å²) in [6.45, 7) is 2.14. The van der Waals surface area contributed by atoms with Gasteiger partial charge in [0.25, 0.3) is 0 Å². The van der Waals surface area contributed by atoms with Crippen LogP contribution in [0.1, 0.15) is 25.3 Å². The SMILES string of the molecule is CCCc1ccc(NC(=O)N2C[C@H](O)C[C@H]2C(=O)O)cc1. The lowest BCUT2D eigenvalue weighted by Crippen LogP contribution is -2.43. The third-order valence-corrected chi connectivity index (χ3v) is 3.57. The predicted octanol–water partition coefficient (Wildman–Crippen LogP) is 1.69. The molecule has 0 aromatic heterocycles. The molecule has 1 heterocycles. The van der Waals surface area contributed by atoms with Crippen LogP contribution in [0.25, 0.3) is 0 Å². The lowest BCUT2D eigenvalue weighted by Gasteiger charge is -2.21. The molecule has 1 saturated heterocycles. The van der Waals surface area contributed by atoms with Crippen molar-refractivity contribution in [1.82, 2.24) is 4.90 Å². The van der Waals surface area contributed by atoms with Crippen LogP contribution in [-0.4, -0.2) is 45.8 Å². The number of aliphatic hydroxyl groups is 1. The summed E-state index contributed by atoms with van der Waals surface area (Å²) in [4.78, 5) is 24.4. The second-order valence-corrected chi connectivity index (χ2v) is 5.27. The van der Waals surface area contributed by atoms with Gasteiger partial charge in [-0.1, -0.05) is 25.5 Å². The second-order valence-electron chi connectivity index (χ2n) is 5.27. The van der Waals surface area contributed by atoms with E-state index in [2.05, 4.69) is 12.2 Å². The fourth-order valence-electron chi connectivity index (χ4n) is 2.51. The molecular formula is C15H20N2O4. The number of hydrogen-bond donors (Lipinski definition) is 3. The molecule has 1 aromatic carbocycles. The number of anilines is 1. The summed E-state index contributed by atoms with van der Waals surface area (Å²) in [7, 11) is 0. The second kappa shape index (κ2) is 6.58. The van der Waals surface area contributed by atoms with Gasteiger partial charge in [-0.15, -0.1) is 0 Å². The Kier molecular flexibility index (Phi) is 4.80. The molecule has 6 heteroatoms. The van der Waals surface area contributed by atoms with Crippen molar-refractivity contribution >= 4 is 17.7 Å². The predicted molar refractivity (Wildman–Crippen MR) is 78.2 cm³/mol. The molecule has 6 nitrogen and oxygen atoms in total. The van der Waals surface area contributed by atoms with Gasteiger partial charge in [-0.25, -0.2) is 9.59 Å². The highest BCUT2D eigenvalue weighted by Crippen LogP contribution is 2.20.